The predicted octanol–water partition coefficient (Wildman–Crippen LogP) is 1.37. The molecule has 0 aliphatic rings. The normalized spacial score (nSPS) is 12.1. The van der Waals surface area contributed by atoms with Gasteiger partial charge in [-0.1, -0.05) is 17.3 Å². The summed E-state index contributed by atoms with van der Waals surface area (Å²) in [5.41, 5.74) is 2.96. The van der Waals surface area contributed by atoms with Gasteiger partial charge in [-0.3, -0.25) is 0 Å². The number of fused-ring (bicyclic) bond motifs is 1. The summed E-state index contributed by atoms with van der Waals surface area (Å²) >= 11 is 0. The fourth-order valence-electron chi connectivity index (χ4n) is 1.62. The lowest BCUT2D eigenvalue weighted by molar-refractivity contribution is 0.434. The van der Waals surface area contributed by atoms with Gasteiger partial charge in [0, 0.05) is 14.1 Å². The van der Waals surface area contributed by atoms with Crippen LogP contribution in [-0.2, 0) is 6.54 Å². The van der Waals surface area contributed by atoms with Crippen LogP contribution in [-0.4, -0.2) is 39.8 Å². The molecular formula is C11H15N5. The largest absolute Gasteiger partial charge is 0.303 e. The van der Waals surface area contributed by atoms with Crippen molar-refractivity contribution in [2.24, 2.45) is 5.10 Å². The van der Waals surface area contributed by atoms with E-state index in [0.717, 1.165) is 16.7 Å². The molecular weight excluding hydrogens is 202 g/mol. The average molecular weight is 217 g/mol. The van der Waals surface area contributed by atoms with Crippen molar-refractivity contribution in [3.05, 3.63) is 24.3 Å². The Bertz CT molecular complexity index is 512. The van der Waals surface area contributed by atoms with E-state index in [0.29, 0.717) is 6.54 Å². The molecule has 1 aromatic heterocycles. The van der Waals surface area contributed by atoms with Gasteiger partial charge in [0.15, 0.2) is 0 Å². The molecule has 0 atom stereocenters. The molecule has 1 aromatic carbocycles. The second kappa shape index (κ2) is 4.30. The zero-order chi connectivity index (χ0) is 11.5. The Labute approximate surface area is 94.4 Å². The van der Waals surface area contributed by atoms with E-state index < -0.39 is 0 Å². The topological polar surface area (TPSA) is 46.3 Å². The van der Waals surface area contributed by atoms with Crippen molar-refractivity contribution in [2.45, 2.75) is 13.5 Å². The van der Waals surface area contributed by atoms with Gasteiger partial charge < -0.3 is 5.01 Å². The number of hydrazone groups is 1. The fourth-order valence-corrected chi connectivity index (χ4v) is 1.62. The highest BCUT2D eigenvalue weighted by Gasteiger charge is 2.04. The number of rotatable bonds is 3. The molecule has 2 aromatic rings. The van der Waals surface area contributed by atoms with Crippen molar-refractivity contribution in [3.8, 4) is 0 Å². The molecule has 2 rings (SSSR count). The van der Waals surface area contributed by atoms with Crippen LogP contribution in [0.2, 0.25) is 0 Å². The van der Waals surface area contributed by atoms with Crippen LogP contribution in [0.3, 0.4) is 0 Å². The molecule has 0 bridgehead atoms. The molecule has 0 aliphatic carbocycles. The fraction of sp³-hybridized carbons (Fsp3) is 0.364. The van der Waals surface area contributed by atoms with Gasteiger partial charge in [0.05, 0.1) is 17.8 Å². The molecule has 5 heteroatoms. The van der Waals surface area contributed by atoms with Crippen LogP contribution >= 0.6 is 0 Å². The summed E-state index contributed by atoms with van der Waals surface area (Å²) in [6.07, 6.45) is 0. The summed E-state index contributed by atoms with van der Waals surface area (Å²) in [7, 11) is 3.81. The Kier molecular flexibility index (Phi) is 2.85. The van der Waals surface area contributed by atoms with Crippen molar-refractivity contribution in [1.29, 1.82) is 0 Å². The van der Waals surface area contributed by atoms with Gasteiger partial charge in [0.2, 0.25) is 0 Å². The highest BCUT2D eigenvalue weighted by molar-refractivity contribution is 5.83. The molecule has 5 nitrogen and oxygen atoms in total. The lowest BCUT2D eigenvalue weighted by Crippen LogP contribution is -2.13. The van der Waals surface area contributed by atoms with Gasteiger partial charge in [-0.15, -0.1) is 5.10 Å². The van der Waals surface area contributed by atoms with Crippen molar-refractivity contribution in [3.63, 3.8) is 0 Å². The van der Waals surface area contributed by atoms with E-state index in [1.54, 1.807) is 5.01 Å². The standard InChI is InChI=1S/C11H15N5/c1-9(13-15(2)3)8-16-11-7-5-4-6-10(11)12-14-16/h4-7H,8H2,1-3H3. The summed E-state index contributed by atoms with van der Waals surface area (Å²) in [6.45, 7) is 2.65. The Morgan fingerprint density at radius 3 is 2.88 bits per heavy atom. The molecule has 16 heavy (non-hydrogen) atoms. The van der Waals surface area contributed by atoms with Crippen molar-refractivity contribution >= 4 is 16.7 Å². The third-order valence-corrected chi connectivity index (χ3v) is 2.17. The first-order valence-corrected chi connectivity index (χ1v) is 5.16. The van der Waals surface area contributed by atoms with Gasteiger partial charge in [-0.2, -0.15) is 5.10 Å². The second-order valence-corrected chi connectivity index (χ2v) is 3.92. The first-order valence-electron chi connectivity index (χ1n) is 5.16. The zero-order valence-corrected chi connectivity index (χ0v) is 9.75. The molecule has 0 N–H and O–H groups in total. The van der Waals surface area contributed by atoms with Gasteiger partial charge in [0.25, 0.3) is 0 Å². The van der Waals surface area contributed by atoms with Crippen molar-refractivity contribution in [2.75, 3.05) is 14.1 Å². The van der Waals surface area contributed by atoms with E-state index in [2.05, 4.69) is 15.4 Å². The van der Waals surface area contributed by atoms with E-state index in [1.165, 1.54) is 0 Å². The van der Waals surface area contributed by atoms with Crippen LogP contribution in [0.15, 0.2) is 29.4 Å². The molecule has 0 aliphatic heterocycles. The highest BCUT2D eigenvalue weighted by atomic mass is 15.4. The predicted molar refractivity (Wildman–Crippen MR) is 64.3 cm³/mol. The van der Waals surface area contributed by atoms with Crippen LogP contribution in [0.4, 0.5) is 0 Å². The lowest BCUT2D eigenvalue weighted by Gasteiger charge is -2.07. The Balaban J connectivity index is 2.28. The first-order chi connectivity index (χ1) is 7.66. The molecule has 0 fully saturated rings. The first kappa shape index (κ1) is 10.6. The lowest BCUT2D eigenvalue weighted by atomic mass is 10.3. The number of hydrogen-bond donors (Lipinski definition) is 0. The maximum Gasteiger partial charge on any atom is 0.113 e. The molecule has 0 saturated carbocycles. The maximum absolute atomic E-state index is 4.32. The second-order valence-electron chi connectivity index (χ2n) is 3.92. The molecule has 0 unspecified atom stereocenters. The van der Waals surface area contributed by atoms with E-state index in [4.69, 9.17) is 0 Å². The summed E-state index contributed by atoms with van der Waals surface area (Å²) in [6, 6.07) is 7.91. The Hall–Kier alpha value is -1.91. The van der Waals surface area contributed by atoms with Crippen molar-refractivity contribution in [1.82, 2.24) is 20.0 Å². The van der Waals surface area contributed by atoms with Gasteiger partial charge in [-0.25, -0.2) is 4.68 Å². The highest BCUT2D eigenvalue weighted by Crippen LogP contribution is 2.09. The SMILES string of the molecule is CC(Cn1nnc2ccccc21)=NN(C)C. The number of hydrogen-bond acceptors (Lipinski definition) is 4. The van der Waals surface area contributed by atoms with Crippen molar-refractivity contribution < 1.29 is 0 Å². The monoisotopic (exact) mass is 217 g/mol. The third kappa shape index (κ3) is 2.18. The van der Waals surface area contributed by atoms with Crippen LogP contribution in [0, 0.1) is 0 Å². The summed E-state index contributed by atoms with van der Waals surface area (Å²) in [5.74, 6) is 0. The molecule has 0 amide bonds. The van der Waals surface area contributed by atoms with Gasteiger partial charge in [0.1, 0.15) is 5.52 Å². The maximum atomic E-state index is 4.32. The van der Waals surface area contributed by atoms with E-state index in [1.807, 2.05) is 50.0 Å². The quantitative estimate of drug-likeness (QED) is 0.576. The van der Waals surface area contributed by atoms with E-state index >= 15 is 0 Å². The smallest absolute Gasteiger partial charge is 0.113 e. The van der Waals surface area contributed by atoms with Crippen LogP contribution in [0.1, 0.15) is 6.92 Å². The summed E-state index contributed by atoms with van der Waals surface area (Å²) in [5, 5.41) is 14.3. The minimum Gasteiger partial charge on any atom is -0.303 e. The van der Waals surface area contributed by atoms with Crippen LogP contribution in [0.5, 0.6) is 0 Å². The zero-order valence-electron chi connectivity index (χ0n) is 9.75. The number of para-hydroxylation sites is 1. The molecule has 1 heterocycles. The van der Waals surface area contributed by atoms with E-state index in [-0.39, 0.29) is 0 Å². The Morgan fingerprint density at radius 2 is 2.12 bits per heavy atom. The minimum atomic E-state index is 0.665. The number of benzene rings is 1. The number of nitrogens with zero attached hydrogens (tertiary/aromatic N) is 5. The van der Waals surface area contributed by atoms with Crippen LogP contribution < -0.4 is 0 Å². The number of aromatic nitrogens is 3. The Morgan fingerprint density at radius 1 is 1.38 bits per heavy atom. The molecule has 84 valence electrons. The molecule has 0 saturated heterocycles. The summed E-state index contributed by atoms with van der Waals surface area (Å²) < 4.78 is 1.86. The minimum absolute atomic E-state index is 0.665. The van der Waals surface area contributed by atoms with Crippen LogP contribution in [0.25, 0.3) is 11.0 Å². The third-order valence-electron chi connectivity index (χ3n) is 2.17. The van der Waals surface area contributed by atoms with E-state index in [9.17, 15) is 0 Å². The van der Waals surface area contributed by atoms with Gasteiger partial charge >= 0.3 is 0 Å². The average Bonchev–Trinajstić information content (AvgIpc) is 2.61. The molecule has 0 radical (unpaired) electrons. The van der Waals surface area contributed by atoms with Gasteiger partial charge in [-0.05, 0) is 19.1 Å². The molecule has 0 spiro atoms. The summed E-state index contributed by atoms with van der Waals surface area (Å²) in [4.78, 5) is 0.